The predicted octanol–water partition coefficient (Wildman–Crippen LogP) is 3.69. The molecule has 0 radical (unpaired) electrons. The average molecular weight is 301 g/mol. The van der Waals surface area contributed by atoms with Gasteiger partial charge in [-0.05, 0) is 35.0 Å². The Morgan fingerprint density at radius 1 is 1.38 bits per heavy atom. The summed E-state index contributed by atoms with van der Waals surface area (Å²) in [5.74, 6) is -2.39. The third kappa shape index (κ3) is 2.94. The first-order chi connectivity index (χ1) is 7.22. The molecule has 0 heterocycles. The number of hydrogen-bond donors (Lipinski definition) is 0. The minimum Gasteiger partial charge on any atom is -0.404 e. The number of alkyl halides is 3. The highest BCUT2D eigenvalue weighted by Crippen LogP contribution is 2.33. The van der Waals surface area contributed by atoms with Gasteiger partial charge in [0.05, 0.1) is 10.0 Å². The van der Waals surface area contributed by atoms with E-state index in [0.717, 1.165) is 19.1 Å². The van der Waals surface area contributed by atoms with Crippen LogP contribution in [0.4, 0.5) is 17.6 Å². The highest BCUT2D eigenvalue weighted by molar-refractivity contribution is 9.10. The van der Waals surface area contributed by atoms with E-state index < -0.39 is 28.2 Å². The summed E-state index contributed by atoms with van der Waals surface area (Å²) in [7, 11) is 0. The molecule has 7 heteroatoms. The molecule has 0 N–H and O–H groups in total. The van der Waals surface area contributed by atoms with Crippen molar-refractivity contribution in [2.24, 2.45) is 0 Å². The van der Waals surface area contributed by atoms with E-state index in [2.05, 4.69) is 20.7 Å². The van der Waals surface area contributed by atoms with Gasteiger partial charge in [-0.1, -0.05) is 0 Å². The zero-order valence-electron chi connectivity index (χ0n) is 7.86. The minimum absolute atomic E-state index is 0.304. The second kappa shape index (κ2) is 4.40. The standard InChI is InChI=1S/C9H5BrF4O2/c1-4(15)5-2-3-6(7(10)8(5)11)16-9(12,13)14/h2-3H,1H3. The van der Waals surface area contributed by atoms with Gasteiger partial charge in [0.15, 0.2) is 11.6 Å². The zero-order valence-corrected chi connectivity index (χ0v) is 9.45. The fraction of sp³-hybridized carbons (Fsp3) is 0.222. The van der Waals surface area contributed by atoms with Crippen LogP contribution in [0, 0.1) is 5.82 Å². The van der Waals surface area contributed by atoms with Gasteiger partial charge in [-0.2, -0.15) is 0 Å². The lowest BCUT2D eigenvalue weighted by atomic mass is 10.1. The highest BCUT2D eigenvalue weighted by atomic mass is 79.9. The molecular weight excluding hydrogens is 296 g/mol. The van der Waals surface area contributed by atoms with E-state index in [1.54, 1.807) is 0 Å². The van der Waals surface area contributed by atoms with Gasteiger partial charge in [0.25, 0.3) is 0 Å². The van der Waals surface area contributed by atoms with Crippen molar-refractivity contribution < 1.29 is 27.1 Å². The van der Waals surface area contributed by atoms with Crippen molar-refractivity contribution in [2.45, 2.75) is 13.3 Å². The van der Waals surface area contributed by atoms with Crippen molar-refractivity contribution >= 4 is 21.7 Å². The topological polar surface area (TPSA) is 26.3 Å². The molecule has 0 unspecified atom stereocenters. The number of rotatable bonds is 2. The fourth-order valence-corrected chi connectivity index (χ4v) is 1.43. The lowest BCUT2D eigenvalue weighted by Crippen LogP contribution is -2.18. The molecule has 1 rings (SSSR count). The largest absolute Gasteiger partial charge is 0.573 e. The summed E-state index contributed by atoms with van der Waals surface area (Å²) >= 11 is 2.60. The molecular formula is C9H5BrF4O2. The predicted molar refractivity (Wildman–Crippen MR) is 50.8 cm³/mol. The third-order valence-corrected chi connectivity index (χ3v) is 2.39. The Hall–Kier alpha value is -1.11. The molecule has 0 aromatic heterocycles. The molecule has 0 saturated carbocycles. The molecule has 0 atom stereocenters. The lowest BCUT2D eigenvalue weighted by Gasteiger charge is -2.11. The van der Waals surface area contributed by atoms with Gasteiger partial charge < -0.3 is 4.74 Å². The van der Waals surface area contributed by atoms with Crippen molar-refractivity contribution in [2.75, 3.05) is 0 Å². The Balaban J connectivity index is 3.17. The van der Waals surface area contributed by atoms with Crippen LogP contribution in [0.3, 0.4) is 0 Å². The zero-order chi connectivity index (χ0) is 12.5. The van der Waals surface area contributed by atoms with Crippen LogP contribution in [0.1, 0.15) is 17.3 Å². The van der Waals surface area contributed by atoms with Crippen LogP contribution in [0.2, 0.25) is 0 Å². The van der Waals surface area contributed by atoms with Gasteiger partial charge in [0.2, 0.25) is 0 Å². The second-order valence-electron chi connectivity index (χ2n) is 2.84. The Morgan fingerprint density at radius 2 is 1.94 bits per heavy atom. The number of carbonyl (C=O) groups excluding carboxylic acids is 1. The van der Waals surface area contributed by atoms with Crippen molar-refractivity contribution in [3.05, 3.63) is 28.0 Å². The smallest absolute Gasteiger partial charge is 0.404 e. The molecule has 0 saturated heterocycles. The molecule has 0 spiro atoms. The van der Waals surface area contributed by atoms with E-state index in [4.69, 9.17) is 0 Å². The molecule has 0 aliphatic rings. The first-order valence-electron chi connectivity index (χ1n) is 3.97. The van der Waals surface area contributed by atoms with E-state index in [9.17, 15) is 22.4 Å². The van der Waals surface area contributed by atoms with E-state index in [1.807, 2.05) is 0 Å². The quantitative estimate of drug-likeness (QED) is 0.615. The first kappa shape index (κ1) is 13.0. The summed E-state index contributed by atoms with van der Waals surface area (Å²) in [4.78, 5) is 10.9. The molecule has 2 nitrogen and oxygen atoms in total. The van der Waals surface area contributed by atoms with Crippen LogP contribution in [0.5, 0.6) is 5.75 Å². The van der Waals surface area contributed by atoms with Crippen LogP contribution >= 0.6 is 15.9 Å². The molecule has 16 heavy (non-hydrogen) atoms. The Morgan fingerprint density at radius 3 is 2.38 bits per heavy atom. The third-order valence-electron chi connectivity index (χ3n) is 1.65. The number of halogens is 5. The number of carbonyl (C=O) groups is 1. The van der Waals surface area contributed by atoms with Crippen LogP contribution in [-0.4, -0.2) is 12.1 Å². The van der Waals surface area contributed by atoms with Crippen LogP contribution < -0.4 is 4.74 Å². The van der Waals surface area contributed by atoms with E-state index >= 15 is 0 Å². The van der Waals surface area contributed by atoms with Gasteiger partial charge in [0.1, 0.15) is 5.75 Å². The van der Waals surface area contributed by atoms with E-state index in [0.29, 0.717) is 0 Å². The normalized spacial score (nSPS) is 11.4. The van der Waals surface area contributed by atoms with E-state index in [1.165, 1.54) is 0 Å². The van der Waals surface area contributed by atoms with Gasteiger partial charge in [-0.15, -0.1) is 13.2 Å². The Bertz CT molecular complexity index is 428. The van der Waals surface area contributed by atoms with Gasteiger partial charge in [-0.3, -0.25) is 4.79 Å². The summed E-state index contributed by atoms with van der Waals surface area (Å²) in [6.07, 6.45) is -4.91. The SMILES string of the molecule is CC(=O)c1ccc(OC(F)(F)F)c(Br)c1F. The number of ketones is 1. The highest BCUT2D eigenvalue weighted by Gasteiger charge is 2.32. The van der Waals surface area contributed by atoms with Crippen molar-refractivity contribution in [1.82, 2.24) is 0 Å². The Labute approximate surface area is 96.3 Å². The van der Waals surface area contributed by atoms with Crippen LogP contribution in [-0.2, 0) is 0 Å². The maximum absolute atomic E-state index is 13.4. The molecule has 1 aromatic rings. The molecule has 1 aromatic carbocycles. The average Bonchev–Trinajstić information content (AvgIpc) is 2.10. The summed E-state index contributed by atoms with van der Waals surface area (Å²) in [5.41, 5.74) is -0.304. The minimum atomic E-state index is -4.91. The second-order valence-corrected chi connectivity index (χ2v) is 3.64. The Kier molecular flexibility index (Phi) is 3.57. The number of ether oxygens (including phenoxy) is 1. The fourth-order valence-electron chi connectivity index (χ4n) is 1.01. The number of Topliss-reactive ketones (excluding diaryl/α,β-unsaturated/α-hetero) is 1. The maximum atomic E-state index is 13.4. The van der Waals surface area contributed by atoms with Crippen molar-refractivity contribution in [1.29, 1.82) is 0 Å². The van der Waals surface area contributed by atoms with Crippen molar-refractivity contribution in [3.63, 3.8) is 0 Å². The summed E-state index contributed by atoms with van der Waals surface area (Å²) < 4.78 is 52.0. The summed E-state index contributed by atoms with van der Waals surface area (Å²) in [5, 5.41) is 0. The molecule has 0 aliphatic carbocycles. The lowest BCUT2D eigenvalue weighted by molar-refractivity contribution is -0.275. The molecule has 0 fully saturated rings. The van der Waals surface area contributed by atoms with Gasteiger partial charge in [-0.25, -0.2) is 4.39 Å². The first-order valence-corrected chi connectivity index (χ1v) is 4.76. The number of benzene rings is 1. The molecule has 0 amide bonds. The van der Waals surface area contributed by atoms with Crippen LogP contribution in [0.15, 0.2) is 16.6 Å². The molecule has 0 bridgehead atoms. The van der Waals surface area contributed by atoms with Gasteiger partial charge in [0, 0.05) is 0 Å². The summed E-state index contributed by atoms with van der Waals surface area (Å²) in [6, 6.07) is 1.81. The van der Waals surface area contributed by atoms with E-state index in [-0.39, 0.29) is 5.56 Å². The van der Waals surface area contributed by atoms with Crippen molar-refractivity contribution in [3.8, 4) is 5.75 Å². The number of hydrogen-bond acceptors (Lipinski definition) is 2. The molecule has 88 valence electrons. The van der Waals surface area contributed by atoms with Gasteiger partial charge >= 0.3 is 6.36 Å². The monoisotopic (exact) mass is 300 g/mol. The molecule has 0 aliphatic heterocycles. The summed E-state index contributed by atoms with van der Waals surface area (Å²) in [6.45, 7) is 1.11. The maximum Gasteiger partial charge on any atom is 0.573 e. The van der Waals surface area contributed by atoms with Crippen LogP contribution in [0.25, 0.3) is 0 Å².